The molecule has 2 heterocycles. The zero-order chi connectivity index (χ0) is 18.2. The van der Waals surface area contributed by atoms with E-state index in [-0.39, 0.29) is 0 Å². The predicted octanol–water partition coefficient (Wildman–Crippen LogP) is 0.562. The Morgan fingerprint density at radius 2 is 1.69 bits per heavy atom. The van der Waals surface area contributed by atoms with E-state index < -0.39 is 0 Å². The van der Waals surface area contributed by atoms with Crippen molar-refractivity contribution >= 4 is 11.6 Å². The van der Waals surface area contributed by atoms with Gasteiger partial charge < -0.3 is 20.0 Å². The number of hydrogen-bond acceptors (Lipinski definition) is 5. The molecule has 26 heavy (non-hydrogen) atoms. The van der Waals surface area contributed by atoms with Gasteiger partial charge in [-0.2, -0.15) is 0 Å². The summed E-state index contributed by atoms with van der Waals surface area (Å²) in [6.07, 6.45) is 0.637. The minimum absolute atomic E-state index is 0.301. The van der Waals surface area contributed by atoms with Gasteiger partial charge in [0.1, 0.15) is 0 Å². The molecular formula is C20H33N5O. The first kappa shape index (κ1) is 19.1. The standard InChI is InChI=1S/C20H33N5O/c1-22(10-7-20(26)25-11-8-21-9-12-25)13-14-23-15-17-24(18-16-23)19-5-3-2-4-6-19/h2-6,21H,7-18H2,1H3. The second-order valence-electron chi connectivity index (χ2n) is 7.35. The lowest BCUT2D eigenvalue weighted by atomic mass is 10.2. The van der Waals surface area contributed by atoms with Crippen LogP contribution < -0.4 is 10.2 Å². The average molecular weight is 360 g/mol. The van der Waals surface area contributed by atoms with Crippen LogP contribution in [0.2, 0.25) is 0 Å². The summed E-state index contributed by atoms with van der Waals surface area (Å²) < 4.78 is 0. The number of para-hydroxylation sites is 1. The molecule has 0 atom stereocenters. The molecule has 3 rings (SSSR count). The smallest absolute Gasteiger partial charge is 0.223 e. The van der Waals surface area contributed by atoms with Crippen LogP contribution >= 0.6 is 0 Å². The Morgan fingerprint density at radius 3 is 2.38 bits per heavy atom. The Bertz CT molecular complexity index is 538. The van der Waals surface area contributed by atoms with E-state index in [1.54, 1.807) is 0 Å². The molecular weight excluding hydrogens is 326 g/mol. The molecule has 0 aromatic heterocycles. The summed E-state index contributed by atoms with van der Waals surface area (Å²) in [6.45, 7) is 10.9. The Hall–Kier alpha value is -1.63. The van der Waals surface area contributed by atoms with Crippen molar-refractivity contribution in [3.8, 4) is 0 Å². The minimum Gasteiger partial charge on any atom is -0.369 e. The minimum atomic E-state index is 0.301. The Labute approximate surface area is 157 Å². The summed E-state index contributed by atoms with van der Waals surface area (Å²) in [5.41, 5.74) is 1.33. The number of nitrogens with zero attached hydrogens (tertiary/aromatic N) is 4. The molecule has 0 unspecified atom stereocenters. The number of piperazine rings is 2. The van der Waals surface area contributed by atoms with Gasteiger partial charge in [-0.25, -0.2) is 0 Å². The highest BCUT2D eigenvalue weighted by Gasteiger charge is 2.18. The quantitative estimate of drug-likeness (QED) is 0.771. The Morgan fingerprint density at radius 1 is 1.00 bits per heavy atom. The van der Waals surface area contributed by atoms with Crippen LogP contribution in [0.25, 0.3) is 0 Å². The summed E-state index contributed by atoms with van der Waals surface area (Å²) in [5.74, 6) is 0.301. The molecule has 1 aromatic carbocycles. The highest BCUT2D eigenvalue weighted by Crippen LogP contribution is 2.15. The highest BCUT2D eigenvalue weighted by molar-refractivity contribution is 5.76. The van der Waals surface area contributed by atoms with Gasteiger partial charge in [-0.1, -0.05) is 18.2 Å². The number of nitrogens with one attached hydrogen (secondary N) is 1. The Balaban J connectivity index is 1.30. The maximum absolute atomic E-state index is 12.2. The van der Waals surface area contributed by atoms with Crippen molar-refractivity contribution in [2.24, 2.45) is 0 Å². The average Bonchev–Trinajstić information content (AvgIpc) is 2.72. The summed E-state index contributed by atoms with van der Waals surface area (Å²) in [4.78, 5) is 21.5. The molecule has 0 aliphatic carbocycles. The summed E-state index contributed by atoms with van der Waals surface area (Å²) in [7, 11) is 2.13. The van der Waals surface area contributed by atoms with Gasteiger partial charge in [-0.15, -0.1) is 0 Å². The number of carbonyl (C=O) groups excluding carboxylic acids is 1. The zero-order valence-electron chi connectivity index (χ0n) is 16.1. The maximum Gasteiger partial charge on any atom is 0.223 e. The van der Waals surface area contributed by atoms with Crippen LogP contribution in [-0.2, 0) is 4.79 Å². The van der Waals surface area contributed by atoms with Crippen LogP contribution in [0.5, 0.6) is 0 Å². The summed E-state index contributed by atoms with van der Waals surface area (Å²) in [6, 6.07) is 10.7. The van der Waals surface area contributed by atoms with E-state index in [9.17, 15) is 4.79 Å². The molecule has 2 saturated heterocycles. The molecule has 2 fully saturated rings. The molecule has 6 nitrogen and oxygen atoms in total. The highest BCUT2D eigenvalue weighted by atomic mass is 16.2. The molecule has 0 spiro atoms. The number of anilines is 1. The van der Waals surface area contributed by atoms with Crippen molar-refractivity contribution in [2.75, 3.05) is 83.9 Å². The van der Waals surface area contributed by atoms with Crippen LogP contribution in [0.1, 0.15) is 6.42 Å². The van der Waals surface area contributed by atoms with Gasteiger partial charge in [0.2, 0.25) is 5.91 Å². The van der Waals surface area contributed by atoms with Crippen LogP contribution in [0, 0.1) is 0 Å². The van der Waals surface area contributed by atoms with E-state index in [1.165, 1.54) is 5.69 Å². The lowest BCUT2D eigenvalue weighted by Crippen LogP contribution is -2.48. The number of amides is 1. The van der Waals surface area contributed by atoms with E-state index >= 15 is 0 Å². The van der Waals surface area contributed by atoms with E-state index in [2.05, 4.69) is 57.4 Å². The van der Waals surface area contributed by atoms with Crippen LogP contribution in [0.3, 0.4) is 0 Å². The number of benzene rings is 1. The van der Waals surface area contributed by atoms with Crippen molar-refractivity contribution in [3.05, 3.63) is 30.3 Å². The third-order valence-electron chi connectivity index (χ3n) is 5.47. The van der Waals surface area contributed by atoms with Gasteiger partial charge in [0, 0.05) is 84.1 Å². The third kappa shape index (κ3) is 5.69. The number of carbonyl (C=O) groups is 1. The first-order valence-corrected chi connectivity index (χ1v) is 9.92. The lowest BCUT2D eigenvalue weighted by molar-refractivity contribution is -0.132. The second kappa shape index (κ2) is 9.90. The second-order valence-corrected chi connectivity index (χ2v) is 7.35. The molecule has 0 bridgehead atoms. The fourth-order valence-corrected chi connectivity index (χ4v) is 3.65. The van der Waals surface area contributed by atoms with E-state index in [1.807, 2.05) is 4.90 Å². The summed E-state index contributed by atoms with van der Waals surface area (Å²) >= 11 is 0. The van der Waals surface area contributed by atoms with Gasteiger partial charge in [0.05, 0.1) is 0 Å². The lowest BCUT2D eigenvalue weighted by Gasteiger charge is -2.36. The molecule has 2 aliphatic heterocycles. The largest absolute Gasteiger partial charge is 0.369 e. The fourth-order valence-electron chi connectivity index (χ4n) is 3.65. The van der Waals surface area contributed by atoms with E-state index in [4.69, 9.17) is 0 Å². The fraction of sp³-hybridized carbons (Fsp3) is 0.650. The normalized spacial score (nSPS) is 19.2. The van der Waals surface area contributed by atoms with Crippen molar-refractivity contribution < 1.29 is 4.79 Å². The number of hydrogen-bond donors (Lipinski definition) is 1. The number of rotatable bonds is 7. The Kier molecular flexibility index (Phi) is 7.29. The molecule has 1 amide bonds. The molecule has 2 aliphatic rings. The summed E-state index contributed by atoms with van der Waals surface area (Å²) in [5, 5.41) is 3.29. The first-order valence-electron chi connectivity index (χ1n) is 9.92. The van der Waals surface area contributed by atoms with Crippen molar-refractivity contribution in [2.45, 2.75) is 6.42 Å². The van der Waals surface area contributed by atoms with Gasteiger partial charge in [0.25, 0.3) is 0 Å². The molecule has 6 heteroatoms. The van der Waals surface area contributed by atoms with Gasteiger partial charge in [-0.3, -0.25) is 9.69 Å². The van der Waals surface area contributed by atoms with Crippen LogP contribution in [-0.4, -0.2) is 99.6 Å². The van der Waals surface area contributed by atoms with Crippen molar-refractivity contribution in [1.29, 1.82) is 0 Å². The van der Waals surface area contributed by atoms with Crippen LogP contribution in [0.4, 0.5) is 5.69 Å². The van der Waals surface area contributed by atoms with Crippen molar-refractivity contribution in [3.63, 3.8) is 0 Å². The van der Waals surface area contributed by atoms with E-state index in [0.717, 1.165) is 72.0 Å². The van der Waals surface area contributed by atoms with E-state index in [0.29, 0.717) is 12.3 Å². The zero-order valence-corrected chi connectivity index (χ0v) is 16.1. The van der Waals surface area contributed by atoms with Gasteiger partial charge >= 0.3 is 0 Å². The van der Waals surface area contributed by atoms with Crippen molar-refractivity contribution in [1.82, 2.24) is 20.0 Å². The maximum atomic E-state index is 12.2. The molecule has 144 valence electrons. The monoisotopic (exact) mass is 359 g/mol. The van der Waals surface area contributed by atoms with Gasteiger partial charge in [-0.05, 0) is 19.2 Å². The molecule has 1 N–H and O–H groups in total. The molecule has 1 aromatic rings. The van der Waals surface area contributed by atoms with Gasteiger partial charge in [0.15, 0.2) is 0 Å². The third-order valence-corrected chi connectivity index (χ3v) is 5.47. The molecule has 0 radical (unpaired) electrons. The molecule has 0 saturated carbocycles. The predicted molar refractivity (Wildman–Crippen MR) is 107 cm³/mol. The topological polar surface area (TPSA) is 42.1 Å². The first-order chi connectivity index (χ1) is 12.7. The van der Waals surface area contributed by atoms with Crippen LogP contribution in [0.15, 0.2) is 30.3 Å². The number of likely N-dealkylation sites (N-methyl/N-ethyl adjacent to an activating group) is 1. The SMILES string of the molecule is CN(CCC(=O)N1CCNCC1)CCN1CCN(c2ccccc2)CC1.